The predicted octanol–water partition coefficient (Wildman–Crippen LogP) is 2.81. The first-order chi connectivity index (χ1) is 10.8. The molecule has 3 rings (SSSR count). The van der Waals surface area contributed by atoms with Gasteiger partial charge in [0.25, 0.3) is 0 Å². The molecule has 1 saturated heterocycles. The normalized spacial score (nSPS) is 17.4. The second kappa shape index (κ2) is 7.23. The molecule has 0 saturated carbocycles. The number of hydrogen-bond acceptors (Lipinski definition) is 3. The Kier molecular flexibility index (Phi) is 5.09. The third-order valence-corrected chi connectivity index (χ3v) is 7.02. The Morgan fingerprint density at radius 3 is 2.05 bits per heavy atom. The van der Waals surface area contributed by atoms with E-state index in [-0.39, 0.29) is 6.10 Å². The molecule has 0 aliphatic carbocycles. The molecule has 0 bridgehead atoms. The van der Waals surface area contributed by atoms with Gasteiger partial charge in [0.2, 0.25) is 0 Å². The topological polar surface area (TPSA) is 38.8 Å². The third kappa shape index (κ3) is 3.86. The maximum Gasteiger partial charge on any atom is 0.143 e. The Labute approximate surface area is 131 Å². The summed E-state index contributed by atoms with van der Waals surface area (Å²) in [5.41, 5.74) is 0. The van der Waals surface area contributed by atoms with E-state index in [0.717, 1.165) is 23.6 Å². The molecule has 2 aromatic carbocycles. The van der Waals surface area contributed by atoms with E-state index in [1.165, 1.54) is 0 Å². The molecule has 1 heterocycles. The SMILES string of the molecule is O=P(CCCOCC1CO1)(c1ccccc1)c1ccccc1. The van der Waals surface area contributed by atoms with Gasteiger partial charge in [-0.1, -0.05) is 60.7 Å². The number of ether oxygens (including phenoxy) is 2. The van der Waals surface area contributed by atoms with Crippen LogP contribution in [0.2, 0.25) is 0 Å². The minimum atomic E-state index is -2.58. The van der Waals surface area contributed by atoms with Gasteiger partial charge in [-0.15, -0.1) is 0 Å². The molecule has 0 spiro atoms. The van der Waals surface area contributed by atoms with Crippen molar-refractivity contribution in [3.05, 3.63) is 60.7 Å². The van der Waals surface area contributed by atoms with Crippen LogP contribution in [0, 0.1) is 0 Å². The molecular weight excluding hydrogens is 295 g/mol. The lowest BCUT2D eigenvalue weighted by molar-refractivity contribution is 0.117. The monoisotopic (exact) mass is 316 g/mol. The zero-order valence-corrected chi connectivity index (χ0v) is 13.5. The Balaban J connectivity index is 1.70. The highest BCUT2D eigenvalue weighted by Gasteiger charge is 2.27. The van der Waals surface area contributed by atoms with Crippen LogP contribution >= 0.6 is 7.14 Å². The maximum atomic E-state index is 13.6. The van der Waals surface area contributed by atoms with Crippen LogP contribution in [-0.4, -0.2) is 32.1 Å². The Morgan fingerprint density at radius 1 is 1.00 bits per heavy atom. The summed E-state index contributed by atoms with van der Waals surface area (Å²) in [6.45, 7) is 2.09. The summed E-state index contributed by atoms with van der Waals surface area (Å²) in [5.74, 6) is 0. The van der Waals surface area contributed by atoms with Gasteiger partial charge in [0, 0.05) is 23.4 Å². The molecule has 0 radical (unpaired) electrons. The van der Waals surface area contributed by atoms with E-state index in [2.05, 4.69) is 0 Å². The van der Waals surface area contributed by atoms with Gasteiger partial charge >= 0.3 is 0 Å². The molecule has 1 fully saturated rings. The zero-order chi connectivity index (χ0) is 15.3. The molecule has 1 unspecified atom stereocenters. The molecule has 22 heavy (non-hydrogen) atoms. The number of rotatable bonds is 8. The smallest absolute Gasteiger partial charge is 0.143 e. The van der Waals surface area contributed by atoms with Crippen molar-refractivity contribution in [3.63, 3.8) is 0 Å². The predicted molar refractivity (Wildman–Crippen MR) is 89.8 cm³/mol. The van der Waals surface area contributed by atoms with Crippen molar-refractivity contribution in [3.8, 4) is 0 Å². The molecule has 0 aromatic heterocycles. The summed E-state index contributed by atoms with van der Waals surface area (Å²) >= 11 is 0. The molecule has 3 nitrogen and oxygen atoms in total. The van der Waals surface area contributed by atoms with E-state index in [1.54, 1.807) is 0 Å². The van der Waals surface area contributed by atoms with Crippen molar-refractivity contribution >= 4 is 17.8 Å². The largest absolute Gasteiger partial charge is 0.379 e. The van der Waals surface area contributed by atoms with Crippen LogP contribution in [0.3, 0.4) is 0 Å². The third-order valence-electron chi connectivity index (χ3n) is 3.81. The molecular formula is C18H21O3P. The number of hydrogen-bond donors (Lipinski definition) is 0. The van der Waals surface area contributed by atoms with Crippen molar-refractivity contribution in [1.29, 1.82) is 0 Å². The van der Waals surface area contributed by atoms with Gasteiger partial charge in [-0.3, -0.25) is 0 Å². The van der Waals surface area contributed by atoms with E-state index in [9.17, 15) is 4.57 Å². The van der Waals surface area contributed by atoms with Crippen LogP contribution in [0.25, 0.3) is 0 Å². The molecule has 1 aliphatic heterocycles. The van der Waals surface area contributed by atoms with Crippen LogP contribution in [0.4, 0.5) is 0 Å². The van der Waals surface area contributed by atoms with Crippen molar-refractivity contribution < 1.29 is 14.0 Å². The molecule has 4 heteroatoms. The van der Waals surface area contributed by atoms with E-state index >= 15 is 0 Å². The number of epoxide rings is 1. The van der Waals surface area contributed by atoms with Crippen molar-refractivity contribution in [2.45, 2.75) is 12.5 Å². The van der Waals surface area contributed by atoms with Gasteiger partial charge in [0.1, 0.15) is 13.2 Å². The lowest BCUT2D eigenvalue weighted by Gasteiger charge is -2.19. The van der Waals surface area contributed by atoms with Gasteiger partial charge in [-0.05, 0) is 6.42 Å². The summed E-state index contributed by atoms with van der Waals surface area (Å²) in [5, 5.41) is 1.85. The van der Waals surface area contributed by atoms with Gasteiger partial charge in [0.05, 0.1) is 13.2 Å². The molecule has 1 aliphatic rings. The summed E-state index contributed by atoms with van der Waals surface area (Å²) in [4.78, 5) is 0. The van der Waals surface area contributed by atoms with Crippen LogP contribution in [-0.2, 0) is 14.0 Å². The fourth-order valence-electron chi connectivity index (χ4n) is 2.51. The van der Waals surface area contributed by atoms with E-state index in [0.29, 0.717) is 19.4 Å². The second-order valence-electron chi connectivity index (χ2n) is 5.52. The van der Waals surface area contributed by atoms with Gasteiger partial charge in [0.15, 0.2) is 0 Å². The standard InChI is InChI=1S/C18H21O3P/c19-22(17-8-3-1-4-9-17,18-10-5-2-6-11-18)13-7-12-20-14-16-15-21-16/h1-6,8-11,16H,7,12-15H2. The maximum absolute atomic E-state index is 13.6. The van der Waals surface area contributed by atoms with Crippen LogP contribution in [0.15, 0.2) is 60.7 Å². The Morgan fingerprint density at radius 2 is 1.55 bits per heavy atom. The van der Waals surface area contributed by atoms with Gasteiger partial charge in [-0.25, -0.2) is 0 Å². The van der Waals surface area contributed by atoms with E-state index < -0.39 is 7.14 Å². The lowest BCUT2D eigenvalue weighted by Crippen LogP contribution is -2.19. The lowest BCUT2D eigenvalue weighted by atomic mass is 10.4. The quantitative estimate of drug-likeness (QED) is 0.427. The Bertz CT molecular complexity index is 580. The first-order valence-corrected chi connectivity index (χ1v) is 9.58. The van der Waals surface area contributed by atoms with E-state index in [4.69, 9.17) is 9.47 Å². The first kappa shape index (κ1) is 15.5. The van der Waals surface area contributed by atoms with Gasteiger partial charge < -0.3 is 14.0 Å². The van der Waals surface area contributed by atoms with Crippen molar-refractivity contribution in [2.75, 3.05) is 26.0 Å². The van der Waals surface area contributed by atoms with Crippen LogP contribution in [0.5, 0.6) is 0 Å². The van der Waals surface area contributed by atoms with E-state index in [1.807, 2.05) is 60.7 Å². The first-order valence-electron chi connectivity index (χ1n) is 7.69. The average Bonchev–Trinajstić information content (AvgIpc) is 3.40. The molecule has 0 amide bonds. The van der Waals surface area contributed by atoms with Crippen LogP contribution < -0.4 is 10.6 Å². The highest BCUT2D eigenvalue weighted by Crippen LogP contribution is 2.43. The Hall–Kier alpha value is -1.41. The summed E-state index contributed by atoms with van der Waals surface area (Å²) < 4.78 is 24.3. The minimum Gasteiger partial charge on any atom is -0.379 e. The summed E-state index contributed by atoms with van der Waals surface area (Å²) in [6, 6.07) is 19.6. The minimum absolute atomic E-state index is 0.287. The fraction of sp³-hybridized carbons (Fsp3) is 0.333. The number of benzene rings is 2. The molecule has 2 aromatic rings. The molecule has 0 N–H and O–H groups in total. The molecule has 116 valence electrons. The highest BCUT2D eigenvalue weighted by molar-refractivity contribution is 7.78. The van der Waals surface area contributed by atoms with Gasteiger partial charge in [-0.2, -0.15) is 0 Å². The molecule has 1 atom stereocenters. The zero-order valence-electron chi connectivity index (χ0n) is 12.6. The van der Waals surface area contributed by atoms with Crippen molar-refractivity contribution in [1.82, 2.24) is 0 Å². The highest BCUT2D eigenvalue weighted by atomic mass is 31.2. The second-order valence-corrected chi connectivity index (χ2v) is 8.48. The fourth-order valence-corrected chi connectivity index (χ4v) is 5.21. The van der Waals surface area contributed by atoms with Crippen LogP contribution in [0.1, 0.15) is 6.42 Å². The average molecular weight is 316 g/mol. The summed E-state index contributed by atoms with van der Waals surface area (Å²) in [6.07, 6.45) is 1.70. The summed E-state index contributed by atoms with van der Waals surface area (Å²) in [7, 11) is -2.58. The van der Waals surface area contributed by atoms with Crippen molar-refractivity contribution in [2.24, 2.45) is 0 Å².